The van der Waals surface area contributed by atoms with Crippen LogP contribution in [-0.4, -0.2) is 0 Å². The van der Waals surface area contributed by atoms with Gasteiger partial charge in [0.15, 0.2) is 0 Å². The fourth-order valence-corrected chi connectivity index (χ4v) is 11.0. The quantitative estimate of drug-likeness (QED) is 0.161. The third-order valence-corrected chi connectivity index (χ3v) is 13.4. The van der Waals surface area contributed by atoms with Crippen LogP contribution in [0.2, 0.25) is 0 Å². The van der Waals surface area contributed by atoms with Gasteiger partial charge in [0.1, 0.15) is 0 Å². The lowest BCUT2D eigenvalue weighted by Gasteiger charge is -2.25. The number of allylic oxidation sites excluding steroid dienone is 8. The number of thiophene rings is 1. The second kappa shape index (κ2) is 11.6. The van der Waals surface area contributed by atoms with Crippen molar-refractivity contribution >= 4 is 69.4 Å². The molecule has 0 aliphatic heterocycles. The molecule has 0 fully saturated rings. The molecule has 0 saturated heterocycles. The van der Waals surface area contributed by atoms with Gasteiger partial charge in [-0.1, -0.05) is 164 Å². The summed E-state index contributed by atoms with van der Waals surface area (Å²) in [5.41, 5.74) is 14.9. The summed E-state index contributed by atoms with van der Waals surface area (Å²) in [6, 6.07) is 52.7. The average molecular weight is 703 g/mol. The summed E-state index contributed by atoms with van der Waals surface area (Å²) in [4.78, 5) is 0. The molecule has 1 atom stereocenters. The van der Waals surface area contributed by atoms with Crippen LogP contribution in [0.4, 0.5) is 0 Å². The van der Waals surface area contributed by atoms with E-state index in [0.717, 1.165) is 12.8 Å². The zero-order valence-corrected chi connectivity index (χ0v) is 30.5. The normalized spacial score (nSPS) is 15.9. The molecule has 1 unspecified atom stereocenters. The lowest BCUT2D eigenvalue weighted by molar-refractivity contribution is 0.794. The molecule has 9 aromatic rings. The second-order valence-electron chi connectivity index (χ2n) is 15.1. The highest BCUT2D eigenvalue weighted by Crippen LogP contribution is 2.48. The van der Waals surface area contributed by atoms with Crippen molar-refractivity contribution < 1.29 is 0 Å². The van der Waals surface area contributed by atoms with Crippen molar-refractivity contribution in [3.8, 4) is 33.4 Å². The van der Waals surface area contributed by atoms with E-state index in [9.17, 15) is 0 Å². The van der Waals surface area contributed by atoms with E-state index >= 15 is 0 Å². The highest BCUT2D eigenvalue weighted by atomic mass is 32.1. The van der Waals surface area contributed by atoms with E-state index < -0.39 is 0 Å². The molecule has 1 aromatic heterocycles. The Labute approximate surface area is 318 Å². The van der Waals surface area contributed by atoms with E-state index in [4.69, 9.17) is 0 Å². The summed E-state index contributed by atoms with van der Waals surface area (Å²) in [6.45, 7) is 0. The molecule has 0 saturated carbocycles. The predicted molar refractivity (Wildman–Crippen MR) is 233 cm³/mol. The Morgan fingerprint density at radius 1 is 0.519 bits per heavy atom. The molecule has 0 radical (unpaired) electrons. The van der Waals surface area contributed by atoms with Crippen LogP contribution >= 0.6 is 11.3 Å². The first-order valence-electron chi connectivity index (χ1n) is 19.1. The SMILES string of the molecule is C1=CC2=CC=C(c3c4ccccc4c(-c4cccc(-c5ccc6c(c5)Cc5c-6ccc6ccc7c8ccccc8sc7c56)c4)c4ccccc34)CC2C=C1. The van der Waals surface area contributed by atoms with Gasteiger partial charge in [0, 0.05) is 31.5 Å². The minimum absolute atomic E-state index is 0.430. The zero-order chi connectivity index (χ0) is 35.3. The van der Waals surface area contributed by atoms with E-state index in [1.807, 2.05) is 11.3 Å². The van der Waals surface area contributed by atoms with Crippen LogP contribution in [0.5, 0.6) is 0 Å². The van der Waals surface area contributed by atoms with Crippen LogP contribution in [0.1, 0.15) is 23.1 Å². The first-order valence-corrected chi connectivity index (χ1v) is 19.9. The lowest BCUT2D eigenvalue weighted by atomic mass is 9.78. The number of rotatable bonds is 3. The van der Waals surface area contributed by atoms with E-state index in [0.29, 0.717) is 5.92 Å². The Morgan fingerprint density at radius 3 is 2.06 bits per heavy atom. The second-order valence-corrected chi connectivity index (χ2v) is 16.2. The average Bonchev–Trinajstić information content (AvgIpc) is 3.81. The number of hydrogen-bond donors (Lipinski definition) is 0. The van der Waals surface area contributed by atoms with Gasteiger partial charge in [-0.05, 0) is 113 Å². The number of fused-ring (bicyclic) bond motifs is 12. The summed E-state index contributed by atoms with van der Waals surface area (Å²) < 4.78 is 2.78. The fourth-order valence-electron chi connectivity index (χ4n) is 9.76. The summed E-state index contributed by atoms with van der Waals surface area (Å²) in [7, 11) is 0. The molecule has 0 amide bonds. The predicted octanol–water partition coefficient (Wildman–Crippen LogP) is 14.9. The van der Waals surface area contributed by atoms with Crippen molar-refractivity contribution in [2.75, 3.05) is 0 Å². The molecule has 12 rings (SSSR count). The summed E-state index contributed by atoms with van der Waals surface area (Å²) in [6.07, 6.45) is 15.6. The van der Waals surface area contributed by atoms with Crippen LogP contribution in [0.15, 0.2) is 182 Å². The lowest BCUT2D eigenvalue weighted by Crippen LogP contribution is -2.07. The van der Waals surface area contributed by atoms with Gasteiger partial charge in [0.2, 0.25) is 0 Å². The van der Waals surface area contributed by atoms with Crippen molar-refractivity contribution in [3.63, 3.8) is 0 Å². The highest BCUT2D eigenvalue weighted by Gasteiger charge is 2.25. The number of hydrogen-bond acceptors (Lipinski definition) is 1. The Hall–Kier alpha value is -6.28. The van der Waals surface area contributed by atoms with Crippen LogP contribution < -0.4 is 0 Å². The Kier molecular flexibility index (Phi) is 6.49. The molecule has 3 aliphatic carbocycles. The molecule has 1 heterocycles. The molecule has 3 aliphatic rings. The van der Waals surface area contributed by atoms with Gasteiger partial charge in [-0.2, -0.15) is 0 Å². The van der Waals surface area contributed by atoms with Gasteiger partial charge < -0.3 is 0 Å². The maximum absolute atomic E-state index is 2.46. The topological polar surface area (TPSA) is 0 Å². The van der Waals surface area contributed by atoms with E-state index in [2.05, 4.69) is 176 Å². The standard InChI is InChI=1S/C53H34S/c1-2-11-34-28-38(21-20-32(34)10-1)51-45-17-5-3-15-43(45)50(44-16-4-6-18-46(44)51)37-13-9-12-35(29-37)36-24-25-40-39(30-36)31-48-41(40)26-22-33-23-27-47-42-14-7-8-19-49(42)54-53(47)52(33)48/h1-27,29-30,34H,28,31H2. The number of benzene rings is 8. The molecular weight excluding hydrogens is 669 g/mol. The molecular formula is C53H34S. The Bertz CT molecular complexity index is 3160. The van der Waals surface area contributed by atoms with Gasteiger partial charge >= 0.3 is 0 Å². The smallest absolute Gasteiger partial charge is 0.0436 e. The molecule has 0 bridgehead atoms. The highest BCUT2D eigenvalue weighted by molar-refractivity contribution is 7.26. The van der Waals surface area contributed by atoms with Crippen molar-refractivity contribution in [3.05, 3.63) is 198 Å². The third kappa shape index (κ3) is 4.43. The van der Waals surface area contributed by atoms with E-state index in [1.54, 1.807) is 0 Å². The van der Waals surface area contributed by atoms with Crippen LogP contribution in [0.3, 0.4) is 0 Å². The first-order chi connectivity index (χ1) is 26.8. The Morgan fingerprint density at radius 2 is 1.22 bits per heavy atom. The molecule has 54 heavy (non-hydrogen) atoms. The van der Waals surface area contributed by atoms with Crippen LogP contribution in [0, 0.1) is 5.92 Å². The molecule has 0 nitrogen and oxygen atoms in total. The maximum atomic E-state index is 2.46. The zero-order valence-electron chi connectivity index (χ0n) is 29.6. The summed E-state index contributed by atoms with van der Waals surface area (Å²) in [5.74, 6) is 0.430. The van der Waals surface area contributed by atoms with Crippen molar-refractivity contribution in [1.29, 1.82) is 0 Å². The summed E-state index contributed by atoms with van der Waals surface area (Å²) >= 11 is 1.94. The molecule has 0 N–H and O–H groups in total. The minimum Gasteiger partial charge on any atom is -0.135 e. The third-order valence-electron chi connectivity index (χ3n) is 12.2. The minimum atomic E-state index is 0.430. The molecule has 0 spiro atoms. The Balaban J connectivity index is 0.982. The largest absolute Gasteiger partial charge is 0.135 e. The van der Waals surface area contributed by atoms with Crippen LogP contribution in [0.25, 0.3) is 91.4 Å². The first kappa shape index (κ1) is 30.2. The van der Waals surface area contributed by atoms with Crippen molar-refractivity contribution in [1.82, 2.24) is 0 Å². The van der Waals surface area contributed by atoms with Crippen LogP contribution in [-0.2, 0) is 6.42 Å². The maximum Gasteiger partial charge on any atom is 0.0436 e. The molecule has 8 aromatic carbocycles. The summed E-state index contributed by atoms with van der Waals surface area (Å²) in [5, 5.41) is 10.8. The molecule has 1 heteroatoms. The molecule has 252 valence electrons. The van der Waals surface area contributed by atoms with E-state index in [-0.39, 0.29) is 0 Å². The van der Waals surface area contributed by atoms with Crippen molar-refractivity contribution in [2.24, 2.45) is 5.92 Å². The monoisotopic (exact) mass is 702 g/mol. The fraction of sp³-hybridized carbons (Fsp3) is 0.0566. The van der Waals surface area contributed by atoms with Gasteiger partial charge in [-0.25, -0.2) is 0 Å². The van der Waals surface area contributed by atoms with E-state index in [1.165, 1.54) is 114 Å². The van der Waals surface area contributed by atoms with Gasteiger partial charge in [-0.3, -0.25) is 0 Å². The van der Waals surface area contributed by atoms with Gasteiger partial charge in [0.05, 0.1) is 0 Å². The van der Waals surface area contributed by atoms with Gasteiger partial charge in [0.25, 0.3) is 0 Å². The van der Waals surface area contributed by atoms with Gasteiger partial charge in [-0.15, -0.1) is 11.3 Å². The van der Waals surface area contributed by atoms with Crippen molar-refractivity contribution in [2.45, 2.75) is 12.8 Å².